The van der Waals surface area contributed by atoms with Gasteiger partial charge in [-0.25, -0.2) is 4.68 Å². The van der Waals surface area contributed by atoms with Gasteiger partial charge in [0.1, 0.15) is 5.69 Å². The molecule has 0 aliphatic rings. The van der Waals surface area contributed by atoms with Crippen molar-refractivity contribution in [2.75, 3.05) is 0 Å². The summed E-state index contributed by atoms with van der Waals surface area (Å²) in [7, 11) is 0. The van der Waals surface area contributed by atoms with Crippen molar-refractivity contribution in [2.45, 2.75) is 6.92 Å². The summed E-state index contributed by atoms with van der Waals surface area (Å²) in [6.07, 6.45) is 3.60. The molecule has 0 atom stereocenters. The summed E-state index contributed by atoms with van der Waals surface area (Å²) >= 11 is 1.25. The molecule has 0 amide bonds. The van der Waals surface area contributed by atoms with Crippen LogP contribution in [0, 0.1) is 17.0 Å². The lowest BCUT2D eigenvalue weighted by atomic mass is 10.1. The molecule has 0 aliphatic heterocycles. The minimum Gasteiger partial charge on any atom is -0.266 e. The standard InChI is InChI=1S/C27H18N6O3S/c1-17-7-5-6-10-22(17)25-28-27-32(30-25)26(34)23(37-27)15-19-16-31(20-8-3-2-4-9-20)29-24(19)18-11-13-21(14-12-18)33(35)36/h2-16H,1H3. The van der Waals surface area contributed by atoms with E-state index in [1.807, 2.05) is 67.7 Å². The number of hydrogen-bond donors (Lipinski definition) is 0. The van der Waals surface area contributed by atoms with Gasteiger partial charge in [-0.2, -0.15) is 14.6 Å². The van der Waals surface area contributed by atoms with Crippen LogP contribution in [0.4, 0.5) is 5.69 Å². The summed E-state index contributed by atoms with van der Waals surface area (Å²) in [5.41, 5.74) is 4.46. The zero-order valence-corrected chi connectivity index (χ0v) is 20.3. The summed E-state index contributed by atoms with van der Waals surface area (Å²) in [4.78, 5) is 29.0. The molecule has 0 spiro atoms. The number of aromatic nitrogens is 5. The minimum atomic E-state index is -0.442. The molecular weight excluding hydrogens is 488 g/mol. The van der Waals surface area contributed by atoms with Crippen LogP contribution in [0.1, 0.15) is 11.1 Å². The molecule has 0 saturated carbocycles. The fourth-order valence-electron chi connectivity index (χ4n) is 4.08. The lowest BCUT2D eigenvalue weighted by Crippen LogP contribution is -2.23. The highest BCUT2D eigenvalue weighted by Crippen LogP contribution is 2.27. The van der Waals surface area contributed by atoms with Gasteiger partial charge in [0.2, 0.25) is 4.96 Å². The van der Waals surface area contributed by atoms with Crippen LogP contribution >= 0.6 is 11.3 Å². The Labute approximate surface area is 213 Å². The van der Waals surface area contributed by atoms with Crippen LogP contribution in [-0.2, 0) is 0 Å². The van der Waals surface area contributed by atoms with Gasteiger partial charge in [0.25, 0.3) is 11.2 Å². The maximum absolute atomic E-state index is 13.2. The first-order valence-corrected chi connectivity index (χ1v) is 12.2. The van der Waals surface area contributed by atoms with E-state index in [9.17, 15) is 14.9 Å². The van der Waals surface area contributed by atoms with Gasteiger partial charge in [-0.05, 0) is 42.8 Å². The molecule has 3 aromatic carbocycles. The van der Waals surface area contributed by atoms with Crippen molar-refractivity contribution in [2.24, 2.45) is 0 Å². The molecule has 0 unspecified atom stereocenters. The summed E-state index contributed by atoms with van der Waals surface area (Å²) < 4.78 is 3.51. The summed E-state index contributed by atoms with van der Waals surface area (Å²) in [5, 5.41) is 20.3. The highest BCUT2D eigenvalue weighted by molar-refractivity contribution is 7.15. The van der Waals surface area contributed by atoms with E-state index in [0.29, 0.717) is 32.1 Å². The van der Waals surface area contributed by atoms with Crippen LogP contribution in [0.25, 0.3) is 39.4 Å². The molecule has 3 heterocycles. The van der Waals surface area contributed by atoms with Gasteiger partial charge in [-0.1, -0.05) is 53.8 Å². The van der Waals surface area contributed by atoms with Crippen LogP contribution in [0.3, 0.4) is 0 Å². The van der Waals surface area contributed by atoms with Crippen molar-refractivity contribution in [3.05, 3.63) is 121 Å². The number of para-hydroxylation sites is 1. The Morgan fingerprint density at radius 2 is 1.68 bits per heavy atom. The molecule has 0 N–H and O–H groups in total. The first-order chi connectivity index (χ1) is 18.0. The number of hydrogen-bond acceptors (Lipinski definition) is 7. The van der Waals surface area contributed by atoms with Gasteiger partial charge >= 0.3 is 0 Å². The number of rotatable bonds is 5. The molecular formula is C27H18N6O3S. The number of nitro benzene ring substituents is 1. The number of benzene rings is 3. The van der Waals surface area contributed by atoms with Crippen LogP contribution in [0.15, 0.2) is 89.9 Å². The Balaban J connectivity index is 1.48. The van der Waals surface area contributed by atoms with Crippen molar-refractivity contribution < 1.29 is 4.92 Å². The molecule has 9 nitrogen and oxygen atoms in total. The molecule has 0 radical (unpaired) electrons. The van der Waals surface area contributed by atoms with Gasteiger partial charge < -0.3 is 0 Å². The maximum Gasteiger partial charge on any atom is 0.291 e. The number of thiazole rings is 1. The SMILES string of the molecule is Cc1ccccc1-c1nc2sc(=Cc3cn(-c4ccccc4)nc3-c3ccc([N+](=O)[O-])cc3)c(=O)n2n1. The Kier molecular flexibility index (Phi) is 5.42. The molecule has 180 valence electrons. The van der Waals surface area contributed by atoms with Crippen LogP contribution in [-0.4, -0.2) is 29.3 Å². The highest BCUT2D eigenvalue weighted by atomic mass is 32.1. The second-order valence-electron chi connectivity index (χ2n) is 8.38. The molecule has 37 heavy (non-hydrogen) atoms. The molecule has 6 aromatic rings. The van der Waals surface area contributed by atoms with E-state index in [-0.39, 0.29) is 11.2 Å². The van der Waals surface area contributed by atoms with Crippen LogP contribution < -0.4 is 10.1 Å². The first kappa shape index (κ1) is 22.5. The third-order valence-electron chi connectivity index (χ3n) is 5.97. The molecule has 0 fully saturated rings. The predicted octanol–water partition coefficient (Wildman–Crippen LogP) is 4.44. The number of non-ortho nitro benzene ring substituents is 1. The molecule has 0 aliphatic carbocycles. The average Bonchev–Trinajstić information content (AvgIpc) is 3.60. The largest absolute Gasteiger partial charge is 0.291 e. The van der Waals surface area contributed by atoms with Gasteiger partial charge in [-0.15, -0.1) is 5.10 Å². The fraction of sp³-hybridized carbons (Fsp3) is 0.0370. The number of nitro groups is 1. The van der Waals surface area contributed by atoms with E-state index < -0.39 is 4.92 Å². The van der Waals surface area contributed by atoms with E-state index in [2.05, 4.69) is 10.1 Å². The van der Waals surface area contributed by atoms with Gasteiger partial charge in [0.05, 0.1) is 15.1 Å². The number of nitrogens with zero attached hydrogens (tertiary/aromatic N) is 6. The lowest BCUT2D eigenvalue weighted by Gasteiger charge is -2.00. The van der Waals surface area contributed by atoms with E-state index in [4.69, 9.17) is 5.10 Å². The van der Waals surface area contributed by atoms with E-state index >= 15 is 0 Å². The Hall–Kier alpha value is -4.96. The molecule has 0 bridgehead atoms. The maximum atomic E-state index is 13.2. The smallest absolute Gasteiger partial charge is 0.266 e. The molecule has 6 rings (SSSR count). The topological polar surface area (TPSA) is 108 Å². The molecule has 0 saturated heterocycles. The van der Waals surface area contributed by atoms with Gasteiger partial charge in [0, 0.05) is 35.0 Å². The van der Waals surface area contributed by atoms with Crippen molar-refractivity contribution >= 4 is 28.1 Å². The average molecular weight is 507 g/mol. The highest BCUT2D eigenvalue weighted by Gasteiger charge is 2.16. The third kappa shape index (κ3) is 4.09. The van der Waals surface area contributed by atoms with Crippen molar-refractivity contribution in [3.63, 3.8) is 0 Å². The Morgan fingerprint density at radius 1 is 0.946 bits per heavy atom. The van der Waals surface area contributed by atoms with Crippen molar-refractivity contribution in [3.8, 4) is 28.3 Å². The lowest BCUT2D eigenvalue weighted by molar-refractivity contribution is -0.384. The van der Waals surface area contributed by atoms with Gasteiger partial charge in [-0.3, -0.25) is 14.9 Å². The minimum absolute atomic E-state index is 0.00590. The molecule has 10 heteroatoms. The number of aryl methyl sites for hydroxylation is 1. The predicted molar refractivity (Wildman–Crippen MR) is 142 cm³/mol. The number of fused-ring (bicyclic) bond motifs is 1. The van der Waals surface area contributed by atoms with E-state index in [0.717, 1.165) is 16.8 Å². The first-order valence-electron chi connectivity index (χ1n) is 11.4. The monoisotopic (exact) mass is 506 g/mol. The van der Waals surface area contributed by atoms with Crippen LogP contribution in [0.2, 0.25) is 0 Å². The second-order valence-corrected chi connectivity index (χ2v) is 9.39. The summed E-state index contributed by atoms with van der Waals surface area (Å²) in [6.45, 7) is 1.98. The fourth-order valence-corrected chi connectivity index (χ4v) is 4.98. The quantitative estimate of drug-likeness (QED) is 0.253. The third-order valence-corrected chi connectivity index (χ3v) is 6.93. The normalized spacial score (nSPS) is 11.9. The Bertz CT molecular complexity index is 1890. The zero-order valence-electron chi connectivity index (χ0n) is 19.5. The summed E-state index contributed by atoms with van der Waals surface area (Å²) in [5.74, 6) is 0.511. The van der Waals surface area contributed by atoms with Crippen LogP contribution in [0.5, 0.6) is 0 Å². The van der Waals surface area contributed by atoms with E-state index in [1.165, 1.54) is 28.0 Å². The van der Waals surface area contributed by atoms with Crippen molar-refractivity contribution in [1.29, 1.82) is 0 Å². The Morgan fingerprint density at radius 3 is 2.38 bits per heavy atom. The zero-order chi connectivity index (χ0) is 25.5. The van der Waals surface area contributed by atoms with Crippen molar-refractivity contribution in [1.82, 2.24) is 24.4 Å². The van der Waals surface area contributed by atoms with E-state index in [1.54, 1.807) is 22.9 Å². The summed E-state index contributed by atoms with van der Waals surface area (Å²) in [6, 6.07) is 23.5. The van der Waals surface area contributed by atoms with Gasteiger partial charge in [0.15, 0.2) is 5.82 Å². The second kappa shape index (κ2) is 8.92. The molecule has 3 aromatic heterocycles.